The van der Waals surface area contributed by atoms with E-state index in [1.807, 2.05) is 30.3 Å². The zero-order valence-corrected chi connectivity index (χ0v) is 15.7. The van der Waals surface area contributed by atoms with Gasteiger partial charge in [0.2, 0.25) is 5.91 Å². The number of hydrogen-bond acceptors (Lipinski definition) is 5. The highest BCUT2D eigenvalue weighted by Crippen LogP contribution is 2.19. The van der Waals surface area contributed by atoms with Gasteiger partial charge in [-0.3, -0.25) is 9.36 Å². The number of carbonyl (C=O) groups excluding carboxylic acids is 1. The zero-order valence-electron chi connectivity index (χ0n) is 14.9. The van der Waals surface area contributed by atoms with Crippen LogP contribution in [-0.2, 0) is 27.7 Å². The van der Waals surface area contributed by atoms with Crippen LogP contribution < -0.4 is 5.76 Å². The van der Waals surface area contributed by atoms with Crippen LogP contribution in [0.2, 0.25) is 0 Å². The maximum absolute atomic E-state index is 13.1. The topological polar surface area (TPSA) is 89.6 Å². The lowest BCUT2D eigenvalue weighted by Gasteiger charge is -2.27. The molecular weight excluding hydrogens is 380 g/mol. The molecule has 1 atom stereocenters. The second-order valence-electron chi connectivity index (χ2n) is 6.65. The van der Waals surface area contributed by atoms with Gasteiger partial charge in [0.15, 0.2) is 15.4 Å². The van der Waals surface area contributed by atoms with E-state index in [0.717, 1.165) is 11.0 Å². The molecule has 0 saturated carbocycles. The van der Waals surface area contributed by atoms with Crippen LogP contribution in [0.25, 0.3) is 11.1 Å². The Kier molecular flexibility index (Phi) is 4.64. The molecule has 28 heavy (non-hydrogen) atoms. The van der Waals surface area contributed by atoms with Crippen molar-refractivity contribution in [3.63, 3.8) is 0 Å². The van der Waals surface area contributed by atoms with E-state index in [-0.39, 0.29) is 24.7 Å². The fraction of sp³-hybridized carbons (Fsp3) is 0.200. The number of benzene rings is 2. The fourth-order valence-corrected chi connectivity index (χ4v) is 4.61. The van der Waals surface area contributed by atoms with Gasteiger partial charge in [0, 0.05) is 12.0 Å². The number of para-hydroxylation sites is 2. The molecule has 0 spiro atoms. The molecule has 0 radical (unpaired) electrons. The minimum atomic E-state index is -3.33. The van der Waals surface area contributed by atoms with Crippen LogP contribution in [0.1, 0.15) is 5.56 Å². The summed E-state index contributed by atoms with van der Waals surface area (Å²) in [5.41, 5.74) is 1.80. The van der Waals surface area contributed by atoms with Crippen molar-refractivity contribution < 1.29 is 17.6 Å². The van der Waals surface area contributed by atoms with E-state index in [4.69, 9.17) is 4.42 Å². The van der Waals surface area contributed by atoms with E-state index in [2.05, 4.69) is 0 Å². The normalized spacial score (nSPS) is 17.8. The molecule has 0 fully saturated rings. The van der Waals surface area contributed by atoms with Gasteiger partial charge in [-0.25, -0.2) is 13.2 Å². The van der Waals surface area contributed by atoms with Gasteiger partial charge in [-0.15, -0.1) is 0 Å². The van der Waals surface area contributed by atoms with Gasteiger partial charge in [0.05, 0.1) is 17.3 Å². The van der Waals surface area contributed by atoms with Crippen molar-refractivity contribution in [2.45, 2.75) is 19.1 Å². The highest BCUT2D eigenvalue weighted by Gasteiger charge is 2.31. The second-order valence-corrected chi connectivity index (χ2v) is 8.59. The third-order valence-corrected chi connectivity index (χ3v) is 6.07. The first-order chi connectivity index (χ1) is 13.4. The number of hydrogen-bond donors (Lipinski definition) is 0. The van der Waals surface area contributed by atoms with E-state index in [9.17, 15) is 18.0 Å². The summed E-state index contributed by atoms with van der Waals surface area (Å²) in [5, 5.41) is 1.14. The van der Waals surface area contributed by atoms with Crippen LogP contribution in [0.15, 0.2) is 75.3 Å². The number of oxazole rings is 1. The van der Waals surface area contributed by atoms with Crippen molar-refractivity contribution in [3.8, 4) is 0 Å². The Bertz CT molecular complexity index is 1210. The average molecular weight is 398 g/mol. The molecule has 1 aliphatic heterocycles. The monoisotopic (exact) mass is 398 g/mol. The van der Waals surface area contributed by atoms with Crippen molar-refractivity contribution >= 4 is 26.8 Å². The average Bonchev–Trinajstić information content (AvgIpc) is 3.19. The molecule has 1 aliphatic rings. The summed E-state index contributed by atoms with van der Waals surface area (Å²) in [5.74, 6) is -1.14. The smallest absolute Gasteiger partial charge is 0.408 e. The maximum Gasteiger partial charge on any atom is 0.420 e. The predicted octanol–water partition coefficient (Wildman–Crippen LogP) is 1.93. The number of fused-ring (bicyclic) bond motifs is 1. The lowest BCUT2D eigenvalue weighted by molar-refractivity contribution is -0.133. The summed E-state index contributed by atoms with van der Waals surface area (Å²) in [6.45, 7) is 0.0157. The van der Waals surface area contributed by atoms with E-state index in [1.54, 1.807) is 24.3 Å². The highest BCUT2D eigenvalue weighted by molar-refractivity contribution is 7.94. The molecule has 0 N–H and O–H groups in total. The van der Waals surface area contributed by atoms with E-state index < -0.39 is 21.6 Å². The minimum absolute atomic E-state index is 0.160. The summed E-state index contributed by atoms with van der Waals surface area (Å²) in [7, 11) is -3.33. The second kappa shape index (κ2) is 7.12. The van der Waals surface area contributed by atoms with Gasteiger partial charge in [-0.2, -0.15) is 0 Å². The van der Waals surface area contributed by atoms with Crippen LogP contribution >= 0.6 is 0 Å². The first-order valence-corrected chi connectivity index (χ1v) is 10.5. The molecule has 1 aromatic heterocycles. The third kappa shape index (κ3) is 3.63. The van der Waals surface area contributed by atoms with Crippen molar-refractivity contribution in [3.05, 3.63) is 82.2 Å². The Labute approximate surface area is 161 Å². The van der Waals surface area contributed by atoms with Crippen molar-refractivity contribution in [2.75, 3.05) is 5.75 Å². The Balaban J connectivity index is 1.65. The standard InChI is InChI=1S/C20H18N2O5S/c23-19(13-22-17-8-4-5-9-18(17)27-20(22)24)21(12-15-6-2-1-3-7-15)16-10-11-28(25,26)14-16/h1-11,16H,12-14H2/t16-/m0/s1. The summed E-state index contributed by atoms with van der Waals surface area (Å²) >= 11 is 0. The van der Waals surface area contributed by atoms with Crippen LogP contribution in [0, 0.1) is 0 Å². The van der Waals surface area contributed by atoms with E-state index in [1.165, 1.54) is 15.5 Å². The van der Waals surface area contributed by atoms with Gasteiger partial charge >= 0.3 is 5.76 Å². The molecule has 8 heteroatoms. The number of carbonyl (C=O) groups is 1. The molecule has 7 nitrogen and oxygen atoms in total. The summed E-state index contributed by atoms with van der Waals surface area (Å²) in [6.07, 6.45) is 1.52. The molecule has 144 valence electrons. The van der Waals surface area contributed by atoms with Crippen molar-refractivity contribution in [1.29, 1.82) is 0 Å². The van der Waals surface area contributed by atoms with Crippen molar-refractivity contribution in [1.82, 2.24) is 9.47 Å². The first-order valence-electron chi connectivity index (χ1n) is 8.76. The molecule has 2 heterocycles. The summed E-state index contributed by atoms with van der Waals surface area (Å²) in [4.78, 5) is 26.8. The van der Waals surface area contributed by atoms with Gasteiger partial charge in [0.25, 0.3) is 0 Å². The van der Waals surface area contributed by atoms with Crippen LogP contribution in [0.5, 0.6) is 0 Å². The van der Waals surface area contributed by atoms with E-state index in [0.29, 0.717) is 11.1 Å². The first kappa shape index (κ1) is 18.2. The molecule has 3 aromatic rings. The number of aromatic nitrogens is 1. The molecular formula is C20H18N2O5S. The molecule has 2 aromatic carbocycles. The number of sulfone groups is 1. The van der Waals surface area contributed by atoms with Crippen LogP contribution in [-0.4, -0.2) is 35.6 Å². The van der Waals surface area contributed by atoms with Gasteiger partial charge in [0.1, 0.15) is 6.54 Å². The SMILES string of the molecule is O=C(Cn1c(=O)oc2ccccc21)N(Cc1ccccc1)[C@H]1C=CS(=O)(=O)C1. The molecule has 0 bridgehead atoms. The fourth-order valence-electron chi connectivity index (χ4n) is 3.31. The van der Waals surface area contributed by atoms with Gasteiger partial charge in [-0.1, -0.05) is 42.5 Å². The van der Waals surface area contributed by atoms with Crippen molar-refractivity contribution in [2.24, 2.45) is 0 Å². The lowest BCUT2D eigenvalue weighted by Crippen LogP contribution is -2.43. The molecule has 4 rings (SSSR count). The van der Waals surface area contributed by atoms with Crippen LogP contribution in [0.4, 0.5) is 0 Å². The molecule has 0 unspecified atom stereocenters. The number of nitrogens with zero attached hydrogens (tertiary/aromatic N) is 2. The lowest BCUT2D eigenvalue weighted by atomic mass is 10.1. The minimum Gasteiger partial charge on any atom is -0.408 e. The maximum atomic E-state index is 13.1. The number of amides is 1. The highest BCUT2D eigenvalue weighted by atomic mass is 32.2. The summed E-state index contributed by atoms with van der Waals surface area (Å²) < 4.78 is 30.2. The molecule has 0 saturated heterocycles. The molecule has 0 aliphatic carbocycles. The Morgan fingerprint density at radius 1 is 1.11 bits per heavy atom. The van der Waals surface area contributed by atoms with Crippen LogP contribution in [0.3, 0.4) is 0 Å². The largest absolute Gasteiger partial charge is 0.420 e. The van der Waals surface area contributed by atoms with E-state index >= 15 is 0 Å². The number of rotatable bonds is 5. The Hall–Kier alpha value is -3.13. The van der Waals surface area contributed by atoms with Gasteiger partial charge in [-0.05, 0) is 23.8 Å². The third-order valence-electron chi connectivity index (χ3n) is 4.69. The summed E-state index contributed by atoms with van der Waals surface area (Å²) in [6, 6.07) is 15.6. The van der Waals surface area contributed by atoms with Gasteiger partial charge < -0.3 is 9.32 Å². The quantitative estimate of drug-likeness (QED) is 0.655. The Morgan fingerprint density at radius 2 is 1.82 bits per heavy atom. The zero-order chi connectivity index (χ0) is 19.7. The Morgan fingerprint density at radius 3 is 2.54 bits per heavy atom. The molecule has 1 amide bonds. The predicted molar refractivity (Wildman–Crippen MR) is 104 cm³/mol.